The first-order valence-corrected chi connectivity index (χ1v) is 16.7. The van der Waals surface area contributed by atoms with Crippen LogP contribution < -0.4 is 0 Å². The fraction of sp³-hybridized carbons (Fsp3) is 0.943. The zero-order valence-corrected chi connectivity index (χ0v) is 26.7. The van der Waals surface area contributed by atoms with Gasteiger partial charge in [0.2, 0.25) is 0 Å². The SMILES string of the molecule is CC(C)(O)CCCCC1CC[C@@]2(C)C3CC=C4C(CC[C@H](O[C@H]5C[C@@H](O)C[C@@H](CO)O5)C4(C)C)[C@]3(C)CC[C@]12C. The fourth-order valence-electron chi connectivity index (χ4n) is 10.8. The van der Waals surface area contributed by atoms with E-state index in [0.717, 1.165) is 31.1 Å². The molecule has 5 nitrogen and oxygen atoms in total. The van der Waals surface area contributed by atoms with Gasteiger partial charge in [-0.1, -0.05) is 59.1 Å². The Kier molecular flexibility index (Phi) is 8.45. The van der Waals surface area contributed by atoms with E-state index in [2.05, 4.69) is 40.7 Å². The molecule has 3 N–H and O–H groups in total. The van der Waals surface area contributed by atoms with Crippen LogP contribution in [0.25, 0.3) is 0 Å². The number of unbranched alkanes of at least 4 members (excludes halogenated alkanes) is 1. The van der Waals surface area contributed by atoms with Crippen molar-refractivity contribution in [2.45, 2.75) is 162 Å². The number of hydrogen-bond acceptors (Lipinski definition) is 5. The first-order valence-electron chi connectivity index (χ1n) is 16.7. The molecule has 0 aromatic rings. The van der Waals surface area contributed by atoms with E-state index < -0.39 is 18.0 Å². The van der Waals surface area contributed by atoms with E-state index in [9.17, 15) is 15.3 Å². The van der Waals surface area contributed by atoms with E-state index in [4.69, 9.17) is 9.47 Å². The number of allylic oxidation sites excluding steroid dienone is 1. The smallest absolute Gasteiger partial charge is 0.160 e. The largest absolute Gasteiger partial charge is 0.394 e. The molecule has 10 atom stereocenters. The van der Waals surface area contributed by atoms with Crippen molar-refractivity contribution in [1.29, 1.82) is 0 Å². The molecular formula is C35H60O5. The molecule has 1 saturated heterocycles. The molecule has 0 spiro atoms. The summed E-state index contributed by atoms with van der Waals surface area (Å²) in [7, 11) is 0. The molecule has 5 heteroatoms. The van der Waals surface area contributed by atoms with Crippen molar-refractivity contribution in [1.82, 2.24) is 0 Å². The third-order valence-corrected chi connectivity index (χ3v) is 13.4. The normalized spacial score (nSPS) is 46.8. The Bertz CT molecular complexity index is 937. The van der Waals surface area contributed by atoms with E-state index >= 15 is 0 Å². The van der Waals surface area contributed by atoms with Crippen molar-refractivity contribution in [3.05, 3.63) is 11.6 Å². The molecule has 0 bridgehead atoms. The van der Waals surface area contributed by atoms with Crippen molar-refractivity contribution in [3.8, 4) is 0 Å². The first kappa shape index (κ1) is 31.0. The Balaban J connectivity index is 1.31. The molecular weight excluding hydrogens is 500 g/mol. The summed E-state index contributed by atoms with van der Waals surface area (Å²) in [6.45, 7) is 16.5. The number of fused-ring (bicyclic) bond motifs is 5. The average molecular weight is 561 g/mol. The quantitative estimate of drug-likeness (QED) is 0.217. The van der Waals surface area contributed by atoms with Crippen LogP contribution in [0.1, 0.15) is 132 Å². The van der Waals surface area contributed by atoms with E-state index in [1.54, 1.807) is 5.57 Å². The van der Waals surface area contributed by atoms with Gasteiger partial charge in [0.1, 0.15) is 0 Å². The first-order chi connectivity index (χ1) is 18.6. The second kappa shape index (κ2) is 10.9. The zero-order valence-electron chi connectivity index (χ0n) is 26.7. The molecule has 1 aliphatic heterocycles. The van der Waals surface area contributed by atoms with Crippen LogP contribution in [-0.4, -0.2) is 52.1 Å². The monoisotopic (exact) mass is 560 g/mol. The lowest BCUT2D eigenvalue weighted by molar-refractivity contribution is -0.255. The molecule has 3 saturated carbocycles. The predicted octanol–water partition coefficient (Wildman–Crippen LogP) is 7.17. The summed E-state index contributed by atoms with van der Waals surface area (Å²) in [5.74, 6) is 2.14. The van der Waals surface area contributed by atoms with E-state index in [1.807, 2.05) is 13.8 Å². The number of hydrogen-bond donors (Lipinski definition) is 3. The van der Waals surface area contributed by atoms with Crippen LogP contribution in [0.15, 0.2) is 11.6 Å². The van der Waals surface area contributed by atoms with Gasteiger partial charge in [0, 0.05) is 18.3 Å². The molecule has 0 amide bonds. The molecule has 4 fully saturated rings. The third kappa shape index (κ3) is 5.27. The molecule has 40 heavy (non-hydrogen) atoms. The molecule has 5 aliphatic rings. The summed E-state index contributed by atoms with van der Waals surface area (Å²) in [5.41, 5.74) is 2.11. The summed E-state index contributed by atoms with van der Waals surface area (Å²) in [5, 5.41) is 30.1. The van der Waals surface area contributed by atoms with Crippen LogP contribution in [0.4, 0.5) is 0 Å². The zero-order chi connectivity index (χ0) is 29.1. The second-order valence-electron chi connectivity index (χ2n) is 16.6. The van der Waals surface area contributed by atoms with E-state index in [1.165, 1.54) is 51.4 Å². The molecule has 230 valence electrons. The molecule has 0 aromatic carbocycles. The molecule has 1 heterocycles. The van der Waals surface area contributed by atoms with Gasteiger partial charge in [-0.25, -0.2) is 0 Å². The maximum Gasteiger partial charge on any atom is 0.160 e. The summed E-state index contributed by atoms with van der Waals surface area (Å²) in [6.07, 6.45) is 15.8. The minimum absolute atomic E-state index is 0.0639. The van der Waals surface area contributed by atoms with Crippen LogP contribution in [0.2, 0.25) is 0 Å². The van der Waals surface area contributed by atoms with Crippen LogP contribution >= 0.6 is 0 Å². The maximum atomic E-state index is 10.3. The highest BCUT2D eigenvalue weighted by Crippen LogP contribution is 2.74. The summed E-state index contributed by atoms with van der Waals surface area (Å²) in [4.78, 5) is 0. The highest BCUT2D eigenvalue weighted by molar-refractivity contribution is 5.30. The third-order valence-electron chi connectivity index (χ3n) is 13.4. The lowest BCUT2D eigenvalue weighted by Gasteiger charge is -2.66. The average Bonchev–Trinajstić information content (AvgIpc) is 3.13. The molecule has 0 radical (unpaired) electrons. The summed E-state index contributed by atoms with van der Waals surface area (Å²) < 4.78 is 12.6. The Morgan fingerprint density at radius 3 is 2.42 bits per heavy atom. The van der Waals surface area contributed by atoms with Gasteiger partial charge in [0.25, 0.3) is 0 Å². The maximum absolute atomic E-state index is 10.3. The van der Waals surface area contributed by atoms with Gasteiger partial charge in [-0.3, -0.25) is 0 Å². The van der Waals surface area contributed by atoms with Gasteiger partial charge < -0.3 is 24.8 Å². The Labute approximate surface area is 244 Å². The van der Waals surface area contributed by atoms with Crippen molar-refractivity contribution < 1.29 is 24.8 Å². The summed E-state index contributed by atoms with van der Waals surface area (Å²) >= 11 is 0. The minimum atomic E-state index is -0.544. The van der Waals surface area contributed by atoms with Gasteiger partial charge in [-0.05, 0) is 106 Å². The molecule has 4 aliphatic carbocycles. The van der Waals surface area contributed by atoms with Crippen LogP contribution in [0.5, 0.6) is 0 Å². The van der Waals surface area contributed by atoms with Crippen molar-refractivity contribution in [2.24, 2.45) is 39.4 Å². The number of rotatable bonds is 8. The van der Waals surface area contributed by atoms with Crippen molar-refractivity contribution in [2.75, 3.05) is 6.61 Å². The standard InChI is InChI=1S/C35H60O5/c1-31(2,38)16-9-8-10-23-15-17-35(7)28-13-11-26-27(33(28,5)18-19-34(23,35)6)12-14-29(32(26,3)4)40-30-21-24(37)20-25(22-36)39-30/h11,23-25,27-30,36-38H,8-10,12-22H2,1-7H3/t23?,24-,25-,27?,28?,29-,30-,33-,34+,35-/m0/s1. The lowest BCUT2D eigenvalue weighted by atomic mass is 9.39. The van der Waals surface area contributed by atoms with Gasteiger partial charge >= 0.3 is 0 Å². The topological polar surface area (TPSA) is 79.2 Å². The van der Waals surface area contributed by atoms with Crippen molar-refractivity contribution in [3.63, 3.8) is 0 Å². The lowest BCUT2D eigenvalue weighted by Crippen LogP contribution is -2.59. The van der Waals surface area contributed by atoms with Crippen LogP contribution in [0.3, 0.4) is 0 Å². The number of aliphatic hydroxyl groups excluding tert-OH is 2. The predicted molar refractivity (Wildman–Crippen MR) is 160 cm³/mol. The highest BCUT2D eigenvalue weighted by atomic mass is 16.7. The van der Waals surface area contributed by atoms with Crippen molar-refractivity contribution >= 4 is 0 Å². The number of aliphatic hydroxyl groups is 3. The van der Waals surface area contributed by atoms with Crippen LogP contribution in [0, 0.1) is 39.4 Å². The Morgan fingerprint density at radius 1 is 0.975 bits per heavy atom. The minimum Gasteiger partial charge on any atom is -0.394 e. The molecule has 5 rings (SSSR count). The van der Waals surface area contributed by atoms with Crippen LogP contribution in [-0.2, 0) is 9.47 Å². The second-order valence-corrected chi connectivity index (χ2v) is 16.6. The van der Waals surface area contributed by atoms with E-state index in [-0.39, 0.29) is 24.2 Å². The number of ether oxygens (including phenoxy) is 2. The Hall–Kier alpha value is -0.460. The van der Waals surface area contributed by atoms with Gasteiger partial charge in [0.15, 0.2) is 6.29 Å². The van der Waals surface area contributed by atoms with Gasteiger partial charge in [-0.2, -0.15) is 0 Å². The molecule has 3 unspecified atom stereocenters. The van der Waals surface area contributed by atoms with E-state index in [0.29, 0.717) is 35.0 Å². The highest BCUT2D eigenvalue weighted by Gasteiger charge is 2.66. The van der Waals surface area contributed by atoms with Gasteiger partial charge in [0.05, 0.1) is 30.5 Å². The molecule has 0 aromatic heterocycles. The fourth-order valence-corrected chi connectivity index (χ4v) is 10.8. The van der Waals surface area contributed by atoms with Gasteiger partial charge in [-0.15, -0.1) is 0 Å². The Morgan fingerprint density at radius 2 is 1.73 bits per heavy atom. The summed E-state index contributed by atoms with van der Waals surface area (Å²) in [6, 6.07) is 0.